The second kappa shape index (κ2) is 6.59. The molecule has 4 heteroatoms. The highest BCUT2D eigenvalue weighted by Gasteiger charge is 2.14. The highest BCUT2D eigenvalue weighted by atomic mass is 19.1. The molecular formula is C17H20FNO2. The highest BCUT2D eigenvalue weighted by Crippen LogP contribution is 2.28. The maximum absolute atomic E-state index is 13.7. The number of ether oxygens (including phenoxy) is 2. The van der Waals surface area contributed by atoms with Crippen molar-refractivity contribution in [3.8, 4) is 11.5 Å². The zero-order chi connectivity index (χ0) is 15.4. The molecule has 2 N–H and O–H groups in total. The van der Waals surface area contributed by atoms with Gasteiger partial charge in [0.15, 0.2) is 11.6 Å². The summed E-state index contributed by atoms with van der Waals surface area (Å²) in [4.78, 5) is 0. The summed E-state index contributed by atoms with van der Waals surface area (Å²) in [6, 6.07) is 10.5. The molecule has 3 nitrogen and oxygen atoms in total. The van der Waals surface area contributed by atoms with Crippen LogP contribution in [-0.2, 0) is 6.42 Å². The average molecular weight is 289 g/mol. The maximum Gasteiger partial charge on any atom is 0.165 e. The topological polar surface area (TPSA) is 44.5 Å². The number of benzene rings is 2. The normalized spacial score (nSPS) is 12.0. The first-order valence-corrected chi connectivity index (χ1v) is 6.77. The quantitative estimate of drug-likeness (QED) is 0.917. The van der Waals surface area contributed by atoms with Crippen LogP contribution >= 0.6 is 0 Å². The van der Waals surface area contributed by atoms with Crippen LogP contribution in [0.2, 0.25) is 0 Å². The molecule has 1 atom stereocenters. The van der Waals surface area contributed by atoms with Crippen LogP contribution in [0.1, 0.15) is 22.7 Å². The largest absolute Gasteiger partial charge is 0.496 e. The molecule has 0 aliphatic carbocycles. The molecule has 0 saturated heterocycles. The summed E-state index contributed by atoms with van der Waals surface area (Å²) in [7, 11) is 3.07. The van der Waals surface area contributed by atoms with Crippen LogP contribution in [0.15, 0.2) is 36.4 Å². The van der Waals surface area contributed by atoms with Gasteiger partial charge in [0.1, 0.15) is 5.75 Å². The van der Waals surface area contributed by atoms with E-state index in [2.05, 4.69) is 0 Å². The third kappa shape index (κ3) is 3.52. The van der Waals surface area contributed by atoms with Crippen LogP contribution in [0.25, 0.3) is 0 Å². The molecule has 0 spiro atoms. The number of hydrogen-bond donors (Lipinski definition) is 1. The summed E-state index contributed by atoms with van der Waals surface area (Å²) < 4.78 is 24.0. The summed E-state index contributed by atoms with van der Waals surface area (Å²) in [6.45, 7) is 2.00. The smallest absolute Gasteiger partial charge is 0.165 e. The maximum atomic E-state index is 13.7. The fourth-order valence-electron chi connectivity index (χ4n) is 2.33. The zero-order valence-corrected chi connectivity index (χ0v) is 12.5. The van der Waals surface area contributed by atoms with Crippen molar-refractivity contribution in [2.24, 2.45) is 5.73 Å². The molecule has 0 aliphatic heterocycles. The van der Waals surface area contributed by atoms with Gasteiger partial charge in [0, 0.05) is 11.6 Å². The lowest BCUT2D eigenvalue weighted by molar-refractivity contribution is 0.386. The van der Waals surface area contributed by atoms with Crippen molar-refractivity contribution < 1.29 is 13.9 Å². The third-order valence-electron chi connectivity index (χ3n) is 3.46. The molecule has 0 heterocycles. The Balaban J connectivity index is 2.21. The number of rotatable bonds is 5. The molecule has 0 amide bonds. The molecule has 0 fully saturated rings. The van der Waals surface area contributed by atoms with E-state index in [0.29, 0.717) is 6.42 Å². The van der Waals surface area contributed by atoms with Gasteiger partial charge in [-0.05, 0) is 42.7 Å². The van der Waals surface area contributed by atoms with Crippen molar-refractivity contribution in [3.05, 3.63) is 58.9 Å². The monoisotopic (exact) mass is 289 g/mol. The molecule has 21 heavy (non-hydrogen) atoms. The van der Waals surface area contributed by atoms with Crippen LogP contribution in [-0.4, -0.2) is 14.2 Å². The Morgan fingerprint density at radius 2 is 1.76 bits per heavy atom. The molecule has 2 rings (SSSR count). The van der Waals surface area contributed by atoms with Crippen LogP contribution in [0.4, 0.5) is 4.39 Å². The molecule has 0 aliphatic rings. The van der Waals surface area contributed by atoms with E-state index in [4.69, 9.17) is 15.2 Å². The second-order valence-electron chi connectivity index (χ2n) is 5.02. The van der Waals surface area contributed by atoms with Gasteiger partial charge in [-0.15, -0.1) is 0 Å². The minimum absolute atomic E-state index is 0.236. The van der Waals surface area contributed by atoms with Crippen LogP contribution in [0, 0.1) is 12.7 Å². The first-order chi connectivity index (χ1) is 10.0. The fraction of sp³-hybridized carbons (Fsp3) is 0.294. The first-order valence-electron chi connectivity index (χ1n) is 6.77. The third-order valence-corrected chi connectivity index (χ3v) is 3.46. The SMILES string of the molecule is COc1ccc(CC(N)c2ccc(C)cc2OC)cc1F. The number of aryl methyl sites for hydroxylation is 1. The molecular weight excluding hydrogens is 269 g/mol. The molecule has 0 saturated carbocycles. The fourth-order valence-corrected chi connectivity index (χ4v) is 2.33. The lowest BCUT2D eigenvalue weighted by atomic mass is 9.97. The standard InChI is InChI=1S/C17H20FNO2/c1-11-4-6-13(17(8-11)21-3)15(19)10-12-5-7-16(20-2)14(18)9-12/h4-9,15H,10,19H2,1-3H3. The number of nitrogens with two attached hydrogens (primary N) is 1. The summed E-state index contributed by atoms with van der Waals surface area (Å²) in [5.74, 6) is 0.620. The Morgan fingerprint density at radius 1 is 1.05 bits per heavy atom. The Kier molecular flexibility index (Phi) is 4.81. The average Bonchev–Trinajstić information content (AvgIpc) is 2.47. The van der Waals surface area contributed by atoms with Crippen molar-refractivity contribution in [1.82, 2.24) is 0 Å². The van der Waals surface area contributed by atoms with Gasteiger partial charge in [-0.25, -0.2) is 4.39 Å². The van der Waals surface area contributed by atoms with E-state index in [9.17, 15) is 4.39 Å². The van der Waals surface area contributed by atoms with E-state index < -0.39 is 0 Å². The van der Waals surface area contributed by atoms with Crippen molar-refractivity contribution in [2.75, 3.05) is 14.2 Å². The number of halogens is 1. The van der Waals surface area contributed by atoms with Gasteiger partial charge in [0.05, 0.1) is 14.2 Å². The van der Waals surface area contributed by atoms with Gasteiger partial charge in [-0.3, -0.25) is 0 Å². The minimum Gasteiger partial charge on any atom is -0.496 e. The van der Waals surface area contributed by atoms with Gasteiger partial charge >= 0.3 is 0 Å². The van der Waals surface area contributed by atoms with Crippen LogP contribution < -0.4 is 15.2 Å². The molecule has 2 aromatic rings. The van der Waals surface area contributed by atoms with Gasteiger partial charge in [-0.2, -0.15) is 0 Å². The van der Waals surface area contributed by atoms with E-state index in [1.54, 1.807) is 13.2 Å². The Labute approximate surface area is 124 Å². The van der Waals surface area contributed by atoms with E-state index in [0.717, 1.165) is 22.4 Å². The van der Waals surface area contributed by atoms with Gasteiger partial charge in [-0.1, -0.05) is 18.2 Å². The summed E-state index contributed by atoms with van der Waals surface area (Å²) in [5.41, 5.74) is 9.09. The highest BCUT2D eigenvalue weighted by molar-refractivity contribution is 5.40. The van der Waals surface area contributed by atoms with E-state index in [1.807, 2.05) is 31.2 Å². The predicted molar refractivity (Wildman–Crippen MR) is 81.3 cm³/mol. The van der Waals surface area contributed by atoms with Gasteiger partial charge in [0.2, 0.25) is 0 Å². The lowest BCUT2D eigenvalue weighted by Crippen LogP contribution is -2.14. The minimum atomic E-state index is -0.377. The zero-order valence-electron chi connectivity index (χ0n) is 12.5. The van der Waals surface area contributed by atoms with Crippen molar-refractivity contribution >= 4 is 0 Å². The first kappa shape index (κ1) is 15.3. The van der Waals surface area contributed by atoms with Crippen molar-refractivity contribution in [1.29, 1.82) is 0 Å². The predicted octanol–water partition coefficient (Wildman–Crippen LogP) is 3.39. The van der Waals surface area contributed by atoms with E-state index >= 15 is 0 Å². The van der Waals surface area contributed by atoms with E-state index in [-0.39, 0.29) is 17.6 Å². The number of methoxy groups -OCH3 is 2. The summed E-state index contributed by atoms with van der Waals surface area (Å²) in [6.07, 6.45) is 0.528. The van der Waals surface area contributed by atoms with Crippen molar-refractivity contribution in [3.63, 3.8) is 0 Å². The molecule has 2 aromatic carbocycles. The molecule has 1 unspecified atom stereocenters. The Hall–Kier alpha value is -2.07. The van der Waals surface area contributed by atoms with E-state index in [1.165, 1.54) is 13.2 Å². The van der Waals surface area contributed by atoms with Gasteiger partial charge in [0.25, 0.3) is 0 Å². The van der Waals surface area contributed by atoms with Crippen LogP contribution in [0.5, 0.6) is 11.5 Å². The van der Waals surface area contributed by atoms with Gasteiger partial charge < -0.3 is 15.2 Å². The number of hydrogen-bond acceptors (Lipinski definition) is 3. The van der Waals surface area contributed by atoms with Crippen LogP contribution in [0.3, 0.4) is 0 Å². The Morgan fingerprint density at radius 3 is 2.38 bits per heavy atom. The van der Waals surface area contributed by atoms with Crippen molar-refractivity contribution in [2.45, 2.75) is 19.4 Å². The summed E-state index contributed by atoms with van der Waals surface area (Å²) in [5, 5.41) is 0. The summed E-state index contributed by atoms with van der Waals surface area (Å²) >= 11 is 0. The molecule has 0 radical (unpaired) electrons. The molecule has 112 valence electrons. The lowest BCUT2D eigenvalue weighted by Gasteiger charge is -2.16. The molecule has 0 bridgehead atoms. The Bertz CT molecular complexity index is 628. The molecule has 0 aromatic heterocycles. The second-order valence-corrected chi connectivity index (χ2v) is 5.02.